The first-order valence-corrected chi connectivity index (χ1v) is 5.78. The van der Waals surface area contributed by atoms with Crippen molar-refractivity contribution >= 4 is 11.9 Å². The van der Waals surface area contributed by atoms with Gasteiger partial charge in [0, 0.05) is 6.07 Å². The fraction of sp³-hybridized carbons (Fsp3) is 0.385. The highest BCUT2D eigenvalue weighted by Crippen LogP contribution is 2.24. The fourth-order valence-corrected chi connectivity index (χ4v) is 1.45. The summed E-state index contributed by atoms with van der Waals surface area (Å²) in [5.41, 5.74) is 0.326. The monoisotopic (exact) mass is 267 g/mol. The highest BCUT2D eigenvalue weighted by atomic mass is 16.5. The van der Waals surface area contributed by atoms with Gasteiger partial charge in [0.15, 0.2) is 0 Å². The number of benzene rings is 1. The van der Waals surface area contributed by atoms with Gasteiger partial charge in [0.1, 0.15) is 18.0 Å². The number of hydrogen-bond acceptors (Lipinski definition) is 5. The lowest BCUT2D eigenvalue weighted by molar-refractivity contribution is -0.141. The molecule has 0 spiro atoms. The van der Waals surface area contributed by atoms with Gasteiger partial charge in [-0.2, -0.15) is 0 Å². The molecule has 0 saturated heterocycles. The molecule has 6 heteroatoms. The number of amides is 1. The normalized spacial score (nSPS) is 9.63. The summed E-state index contributed by atoms with van der Waals surface area (Å²) in [5.74, 6) is 0.0652. The van der Waals surface area contributed by atoms with Gasteiger partial charge in [-0.15, -0.1) is 0 Å². The van der Waals surface area contributed by atoms with Gasteiger partial charge >= 0.3 is 5.97 Å². The first-order chi connectivity index (χ1) is 9.12. The molecule has 0 bridgehead atoms. The molecule has 0 aliphatic rings. The van der Waals surface area contributed by atoms with E-state index in [0.29, 0.717) is 17.1 Å². The van der Waals surface area contributed by atoms with Crippen molar-refractivity contribution in [2.45, 2.75) is 6.92 Å². The summed E-state index contributed by atoms with van der Waals surface area (Å²) >= 11 is 0. The van der Waals surface area contributed by atoms with Crippen LogP contribution in [0.25, 0.3) is 0 Å². The third-order valence-corrected chi connectivity index (χ3v) is 2.35. The first kappa shape index (κ1) is 14.8. The second-order valence-corrected chi connectivity index (χ2v) is 3.55. The van der Waals surface area contributed by atoms with Gasteiger partial charge < -0.3 is 19.5 Å². The zero-order valence-corrected chi connectivity index (χ0v) is 11.2. The largest absolute Gasteiger partial charge is 0.497 e. The third-order valence-electron chi connectivity index (χ3n) is 2.35. The van der Waals surface area contributed by atoms with Crippen molar-refractivity contribution in [1.82, 2.24) is 5.32 Å². The van der Waals surface area contributed by atoms with E-state index in [4.69, 9.17) is 14.2 Å². The quantitative estimate of drug-likeness (QED) is 0.778. The van der Waals surface area contributed by atoms with Gasteiger partial charge in [-0.05, 0) is 19.1 Å². The van der Waals surface area contributed by atoms with E-state index in [-0.39, 0.29) is 13.2 Å². The van der Waals surface area contributed by atoms with Crippen molar-refractivity contribution in [3.8, 4) is 11.5 Å². The average molecular weight is 267 g/mol. The van der Waals surface area contributed by atoms with Gasteiger partial charge in [0.05, 0.1) is 26.4 Å². The zero-order valence-electron chi connectivity index (χ0n) is 11.2. The van der Waals surface area contributed by atoms with Crippen molar-refractivity contribution in [2.24, 2.45) is 0 Å². The Morgan fingerprint density at radius 2 is 1.95 bits per heavy atom. The van der Waals surface area contributed by atoms with E-state index >= 15 is 0 Å². The Kier molecular flexibility index (Phi) is 5.66. The van der Waals surface area contributed by atoms with E-state index in [0.717, 1.165) is 0 Å². The summed E-state index contributed by atoms with van der Waals surface area (Å²) < 4.78 is 14.9. The zero-order chi connectivity index (χ0) is 14.3. The van der Waals surface area contributed by atoms with E-state index in [1.165, 1.54) is 14.2 Å². The Labute approximate surface area is 111 Å². The van der Waals surface area contributed by atoms with E-state index in [1.54, 1.807) is 25.1 Å². The number of methoxy groups -OCH3 is 2. The average Bonchev–Trinajstić information content (AvgIpc) is 2.44. The van der Waals surface area contributed by atoms with Gasteiger partial charge in [0.25, 0.3) is 5.91 Å². The molecule has 6 nitrogen and oxygen atoms in total. The molecule has 0 saturated carbocycles. The van der Waals surface area contributed by atoms with Crippen molar-refractivity contribution in [2.75, 3.05) is 27.4 Å². The van der Waals surface area contributed by atoms with Crippen LogP contribution < -0.4 is 14.8 Å². The Morgan fingerprint density at radius 3 is 2.53 bits per heavy atom. The lowest BCUT2D eigenvalue weighted by Crippen LogP contribution is -2.30. The molecular formula is C13H17NO5. The lowest BCUT2D eigenvalue weighted by atomic mass is 10.1. The summed E-state index contributed by atoms with van der Waals surface area (Å²) in [7, 11) is 2.98. The number of rotatable bonds is 6. The minimum Gasteiger partial charge on any atom is -0.497 e. The number of carbonyl (C=O) groups excluding carboxylic acids is 2. The van der Waals surface area contributed by atoms with Crippen molar-refractivity contribution in [3.05, 3.63) is 23.8 Å². The third kappa shape index (κ3) is 4.17. The van der Waals surface area contributed by atoms with Crippen molar-refractivity contribution in [1.29, 1.82) is 0 Å². The molecule has 104 valence electrons. The Balaban J connectivity index is 2.73. The molecule has 19 heavy (non-hydrogen) atoms. The molecule has 0 fully saturated rings. The van der Waals surface area contributed by atoms with Crippen LogP contribution in [0.1, 0.15) is 17.3 Å². The molecule has 1 amide bonds. The van der Waals surface area contributed by atoms with Crippen molar-refractivity contribution in [3.63, 3.8) is 0 Å². The van der Waals surface area contributed by atoms with Crippen LogP contribution in [-0.4, -0.2) is 39.2 Å². The Bertz CT molecular complexity index is 458. The minimum atomic E-state index is -0.483. The fourth-order valence-electron chi connectivity index (χ4n) is 1.45. The SMILES string of the molecule is CCOC(=O)CNC(=O)c1ccc(OC)cc1OC. The predicted molar refractivity (Wildman–Crippen MR) is 68.5 cm³/mol. The van der Waals surface area contributed by atoms with Crippen LogP contribution in [0.2, 0.25) is 0 Å². The molecule has 1 aromatic rings. The molecule has 0 radical (unpaired) electrons. The van der Waals surface area contributed by atoms with Crippen molar-refractivity contribution < 1.29 is 23.8 Å². The topological polar surface area (TPSA) is 73.9 Å². The molecule has 1 aromatic carbocycles. The number of esters is 1. The predicted octanol–water partition coefficient (Wildman–Crippen LogP) is 0.997. The van der Waals surface area contributed by atoms with E-state index < -0.39 is 11.9 Å². The molecular weight excluding hydrogens is 250 g/mol. The van der Waals surface area contributed by atoms with Crippen LogP contribution in [0, 0.1) is 0 Å². The molecule has 0 aliphatic carbocycles. The van der Waals surface area contributed by atoms with E-state index in [2.05, 4.69) is 5.32 Å². The summed E-state index contributed by atoms with van der Waals surface area (Å²) in [4.78, 5) is 23.0. The molecule has 0 unspecified atom stereocenters. The number of ether oxygens (including phenoxy) is 3. The Morgan fingerprint density at radius 1 is 1.21 bits per heavy atom. The smallest absolute Gasteiger partial charge is 0.325 e. The van der Waals surface area contributed by atoms with E-state index in [1.807, 2.05) is 0 Å². The van der Waals surface area contributed by atoms with Gasteiger partial charge in [-0.3, -0.25) is 9.59 Å². The number of carbonyl (C=O) groups is 2. The minimum absolute atomic E-state index is 0.179. The highest BCUT2D eigenvalue weighted by Gasteiger charge is 2.14. The highest BCUT2D eigenvalue weighted by molar-refractivity contribution is 5.98. The standard InChI is InChI=1S/C13H17NO5/c1-4-19-12(15)8-14-13(16)10-6-5-9(17-2)7-11(10)18-3/h5-7H,4,8H2,1-3H3,(H,14,16). The van der Waals surface area contributed by atoms with Crippen LogP contribution in [-0.2, 0) is 9.53 Å². The summed E-state index contributed by atoms with van der Waals surface area (Å²) in [6, 6.07) is 4.80. The maximum Gasteiger partial charge on any atom is 0.325 e. The van der Waals surface area contributed by atoms with Crippen LogP contribution in [0.4, 0.5) is 0 Å². The second-order valence-electron chi connectivity index (χ2n) is 3.55. The lowest BCUT2D eigenvalue weighted by Gasteiger charge is -2.10. The van der Waals surface area contributed by atoms with Gasteiger partial charge in [-0.25, -0.2) is 0 Å². The first-order valence-electron chi connectivity index (χ1n) is 5.78. The number of nitrogens with one attached hydrogen (secondary N) is 1. The molecule has 0 heterocycles. The maximum atomic E-state index is 11.9. The summed E-state index contributed by atoms with van der Waals surface area (Å²) in [5, 5.41) is 2.46. The molecule has 1 N–H and O–H groups in total. The van der Waals surface area contributed by atoms with Crippen LogP contribution in [0.5, 0.6) is 11.5 Å². The summed E-state index contributed by atoms with van der Waals surface area (Å²) in [6.07, 6.45) is 0. The maximum absolute atomic E-state index is 11.9. The van der Waals surface area contributed by atoms with Crippen LogP contribution in [0.15, 0.2) is 18.2 Å². The van der Waals surface area contributed by atoms with Gasteiger partial charge in [0.2, 0.25) is 0 Å². The molecule has 1 rings (SSSR count). The van der Waals surface area contributed by atoms with Crippen LogP contribution >= 0.6 is 0 Å². The van der Waals surface area contributed by atoms with Gasteiger partial charge in [-0.1, -0.05) is 0 Å². The Hall–Kier alpha value is -2.24. The second kappa shape index (κ2) is 7.25. The molecule has 0 atom stereocenters. The van der Waals surface area contributed by atoms with Crippen LogP contribution in [0.3, 0.4) is 0 Å². The summed E-state index contributed by atoms with van der Waals surface area (Å²) in [6.45, 7) is 1.80. The molecule has 0 aromatic heterocycles. The molecule has 0 aliphatic heterocycles. The van der Waals surface area contributed by atoms with E-state index in [9.17, 15) is 9.59 Å². The number of hydrogen-bond donors (Lipinski definition) is 1.